The number of ether oxygens (including phenoxy) is 3. The highest BCUT2D eigenvalue weighted by Gasteiger charge is 2.15. The van der Waals surface area contributed by atoms with Crippen LogP contribution >= 0.6 is 11.3 Å². The monoisotopic (exact) mass is 302 g/mol. The number of hydrogen-bond donors (Lipinski definition) is 0. The molecule has 0 saturated heterocycles. The van der Waals surface area contributed by atoms with Gasteiger partial charge in [0.25, 0.3) is 0 Å². The largest absolute Gasteiger partial charge is 0.493 e. The molecule has 0 spiro atoms. The Kier molecular flexibility index (Phi) is 3.62. The summed E-state index contributed by atoms with van der Waals surface area (Å²) < 4.78 is 16.0. The summed E-state index contributed by atoms with van der Waals surface area (Å²) in [6, 6.07) is 7.57. The number of fused-ring (bicyclic) bond motifs is 1. The van der Waals surface area contributed by atoms with E-state index >= 15 is 0 Å². The number of rotatable bonds is 4. The Balaban J connectivity index is 2.26. The van der Waals surface area contributed by atoms with Gasteiger partial charge in [-0.15, -0.1) is 11.3 Å². The SMILES string of the molecule is COc1cc2nc(OC)c(-c3cccs3)nc2cc1OC. The quantitative estimate of drug-likeness (QED) is 0.739. The summed E-state index contributed by atoms with van der Waals surface area (Å²) in [6.45, 7) is 0. The zero-order valence-corrected chi connectivity index (χ0v) is 12.7. The van der Waals surface area contributed by atoms with Crippen molar-refractivity contribution in [3.8, 4) is 28.0 Å². The number of hydrogen-bond acceptors (Lipinski definition) is 6. The van der Waals surface area contributed by atoms with Gasteiger partial charge in [0.15, 0.2) is 11.5 Å². The lowest BCUT2D eigenvalue weighted by molar-refractivity contribution is 0.355. The summed E-state index contributed by atoms with van der Waals surface area (Å²) >= 11 is 1.59. The molecule has 0 amide bonds. The second-order valence-corrected chi connectivity index (χ2v) is 5.20. The van der Waals surface area contributed by atoms with E-state index in [1.165, 1.54) is 0 Å². The Bertz CT molecular complexity index is 772. The second-order valence-electron chi connectivity index (χ2n) is 4.25. The van der Waals surface area contributed by atoms with Crippen LogP contribution in [0.15, 0.2) is 29.6 Å². The smallest absolute Gasteiger partial charge is 0.241 e. The summed E-state index contributed by atoms with van der Waals surface area (Å²) in [7, 11) is 4.78. The van der Waals surface area contributed by atoms with E-state index in [2.05, 4.69) is 9.97 Å². The van der Waals surface area contributed by atoms with Crippen molar-refractivity contribution in [2.45, 2.75) is 0 Å². The predicted molar refractivity (Wildman–Crippen MR) is 82.5 cm³/mol. The van der Waals surface area contributed by atoms with Crippen LogP contribution in [-0.2, 0) is 0 Å². The van der Waals surface area contributed by atoms with E-state index in [9.17, 15) is 0 Å². The number of methoxy groups -OCH3 is 3. The van der Waals surface area contributed by atoms with Gasteiger partial charge in [-0.05, 0) is 11.4 Å². The van der Waals surface area contributed by atoms with Crippen molar-refractivity contribution >= 4 is 22.4 Å². The first-order valence-corrected chi connectivity index (χ1v) is 7.16. The van der Waals surface area contributed by atoms with E-state index < -0.39 is 0 Å². The van der Waals surface area contributed by atoms with Crippen molar-refractivity contribution in [2.24, 2.45) is 0 Å². The highest BCUT2D eigenvalue weighted by molar-refractivity contribution is 7.13. The van der Waals surface area contributed by atoms with Crippen LogP contribution < -0.4 is 14.2 Å². The molecule has 0 aliphatic rings. The molecule has 108 valence electrons. The molecule has 0 bridgehead atoms. The molecule has 0 unspecified atom stereocenters. The van der Waals surface area contributed by atoms with Crippen LogP contribution in [-0.4, -0.2) is 31.3 Å². The van der Waals surface area contributed by atoms with Crippen LogP contribution in [0.4, 0.5) is 0 Å². The second kappa shape index (κ2) is 5.57. The van der Waals surface area contributed by atoms with Crippen LogP contribution in [0, 0.1) is 0 Å². The molecule has 5 nitrogen and oxygen atoms in total. The first-order chi connectivity index (χ1) is 10.3. The van der Waals surface area contributed by atoms with Crippen molar-refractivity contribution in [1.82, 2.24) is 9.97 Å². The molecular formula is C15H14N2O3S. The first-order valence-electron chi connectivity index (χ1n) is 6.28. The Morgan fingerprint density at radius 1 is 0.905 bits per heavy atom. The number of nitrogens with zero attached hydrogens (tertiary/aromatic N) is 2. The van der Waals surface area contributed by atoms with Crippen molar-refractivity contribution in [1.29, 1.82) is 0 Å². The lowest BCUT2D eigenvalue weighted by atomic mass is 10.2. The molecule has 1 aromatic carbocycles. The maximum absolute atomic E-state index is 5.37. The van der Waals surface area contributed by atoms with Gasteiger partial charge >= 0.3 is 0 Å². The van der Waals surface area contributed by atoms with Crippen molar-refractivity contribution in [3.63, 3.8) is 0 Å². The molecule has 0 radical (unpaired) electrons. The number of thiophene rings is 1. The molecule has 0 saturated carbocycles. The summed E-state index contributed by atoms with van der Waals surface area (Å²) in [5.41, 5.74) is 2.16. The van der Waals surface area contributed by atoms with E-state index in [1.54, 1.807) is 38.7 Å². The highest BCUT2D eigenvalue weighted by atomic mass is 32.1. The molecule has 3 rings (SSSR count). The van der Waals surface area contributed by atoms with Gasteiger partial charge in [0, 0.05) is 12.1 Å². The van der Waals surface area contributed by atoms with Crippen LogP contribution in [0.2, 0.25) is 0 Å². The topological polar surface area (TPSA) is 53.5 Å². The van der Waals surface area contributed by atoms with Gasteiger partial charge in [0.05, 0.1) is 37.2 Å². The summed E-state index contributed by atoms with van der Waals surface area (Å²) in [6.07, 6.45) is 0. The normalized spacial score (nSPS) is 10.6. The molecule has 6 heteroatoms. The first kappa shape index (κ1) is 13.6. The molecule has 3 aromatic rings. The maximum Gasteiger partial charge on any atom is 0.241 e. The van der Waals surface area contributed by atoms with Crippen molar-refractivity contribution in [2.75, 3.05) is 21.3 Å². The third-order valence-electron chi connectivity index (χ3n) is 3.09. The van der Waals surface area contributed by atoms with Crippen LogP contribution in [0.25, 0.3) is 21.6 Å². The molecule has 2 heterocycles. The molecular weight excluding hydrogens is 288 g/mol. The zero-order chi connectivity index (χ0) is 14.8. The number of benzene rings is 1. The minimum absolute atomic E-state index is 0.497. The van der Waals surface area contributed by atoms with E-state index in [1.807, 2.05) is 23.6 Å². The average molecular weight is 302 g/mol. The molecule has 0 atom stereocenters. The molecule has 0 fully saturated rings. The fourth-order valence-electron chi connectivity index (χ4n) is 2.08. The highest BCUT2D eigenvalue weighted by Crippen LogP contribution is 2.35. The zero-order valence-electron chi connectivity index (χ0n) is 11.9. The molecule has 2 aromatic heterocycles. The fourth-order valence-corrected chi connectivity index (χ4v) is 2.79. The molecule has 0 N–H and O–H groups in total. The Morgan fingerprint density at radius 2 is 1.57 bits per heavy atom. The Labute approximate surface area is 126 Å². The van der Waals surface area contributed by atoms with Crippen LogP contribution in [0.3, 0.4) is 0 Å². The van der Waals surface area contributed by atoms with Gasteiger partial charge in [0.1, 0.15) is 5.69 Å². The van der Waals surface area contributed by atoms with E-state index in [0.717, 1.165) is 16.1 Å². The molecule has 0 aliphatic carbocycles. The summed E-state index contributed by atoms with van der Waals surface area (Å²) in [5, 5.41) is 2.00. The van der Waals surface area contributed by atoms with Gasteiger partial charge in [-0.3, -0.25) is 0 Å². The lowest BCUT2D eigenvalue weighted by Crippen LogP contribution is -1.97. The summed E-state index contributed by atoms with van der Waals surface area (Å²) in [5.74, 6) is 1.74. The standard InChI is InChI=1S/C15H14N2O3S/c1-18-11-7-9-10(8-12(11)19-2)17-15(20-3)14(16-9)13-5-4-6-21-13/h4-8H,1-3H3. The average Bonchev–Trinajstić information content (AvgIpc) is 3.06. The van der Waals surface area contributed by atoms with Gasteiger partial charge in [-0.2, -0.15) is 0 Å². The van der Waals surface area contributed by atoms with Gasteiger partial charge < -0.3 is 14.2 Å². The van der Waals surface area contributed by atoms with Crippen LogP contribution in [0.5, 0.6) is 17.4 Å². The third kappa shape index (κ3) is 2.38. The minimum Gasteiger partial charge on any atom is -0.493 e. The van der Waals surface area contributed by atoms with Crippen LogP contribution in [0.1, 0.15) is 0 Å². The van der Waals surface area contributed by atoms with E-state index in [4.69, 9.17) is 14.2 Å². The van der Waals surface area contributed by atoms with Crippen molar-refractivity contribution < 1.29 is 14.2 Å². The van der Waals surface area contributed by atoms with E-state index in [0.29, 0.717) is 22.9 Å². The third-order valence-corrected chi connectivity index (χ3v) is 3.96. The van der Waals surface area contributed by atoms with Gasteiger partial charge in [0.2, 0.25) is 5.88 Å². The molecule has 21 heavy (non-hydrogen) atoms. The van der Waals surface area contributed by atoms with Gasteiger partial charge in [-0.1, -0.05) is 6.07 Å². The molecule has 0 aliphatic heterocycles. The van der Waals surface area contributed by atoms with Crippen molar-refractivity contribution in [3.05, 3.63) is 29.6 Å². The predicted octanol–water partition coefficient (Wildman–Crippen LogP) is 3.38. The number of aromatic nitrogens is 2. The van der Waals surface area contributed by atoms with Gasteiger partial charge in [-0.25, -0.2) is 9.97 Å². The Hall–Kier alpha value is -2.34. The Morgan fingerprint density at radius 3 is 2.10 bits per heavy atom. The fraction of sp³-hybridized carbons (Fsp3) is 0.200. The lowest BCUT2D eigenvalue weighted by Gasteiger charge is -2.11. The summed E-state index contributed by atoms with van der Waals surface area (Å²) in [4.78, 5) is 10.2. The maximum atomic E-state index is 5.37. The van der Waals surface area contributed by atoms with E-state index in [-0.39, 0.29) is 0 Å². The minimum atomic E-state index is 0.497.